The molecule has 4 aromatic rings. The molecule has 0 radical (unpaired) electrons. The summed E-state index contributed by atoms with van der Waals surface area (Å²) in [5.41, 5.74) is 4.58. The van der Waals surface area contributed by atoms with E-state index in [1.54, 1.807) is 29.8 Å². The first-order chi connectivity index (χ1) is 15.5. The van der Waals surface area contributed by atoms with Gasteiger partial charge in [0.2, 0.25) is 5.91 Å². The fourth-order valence-corrected chi connectivity index (χ4v) is 4.65. The van der Waals surface area contributed by atoms with Gasteiger partial charge in [0.15, 0.2) is 0 Å². The number of rotatable bonds is 8. The molecule has 2 aromatic carbocycles. The molecule has 0 unspecified atom stereocenters. The fourth-order valence-electron chi connectivity index (χ4n) is 3.64. The highest BCUT2D eigenvalue weighted by Gasteiger charge is 2.16. The molecule has 3 N–H and O–H groups in total. The number of benzene rings is 2. The smallest absolute Gasteiger partial charge is 0.221 e. The highest BCUT2D eigenvalue weighted by Crippen LogP contribution is 2.40. The van der Waals surface area contributed by atoms with E-state index in [0.29, 0.717) is 19.5 Å². The Bertz CT molecular complexity index is 1220. The number of thiophene rings is 1. The molecule has 0 aliphatic rings. The molecule has 164 valence electrons. The van der Waals surface area contributed by atoms with Crippen LogP contribution in [0.2, 0.25) is 0 Å². The molecule has 0 saturated carbocycles. The normalized spacial score (nSPS) is 10.9. The van der Waals surface area contributed by atoms with Crippen molar-refractivity contribution < 1.29 is 9.90 Å². The Morgan fingerprint density at radius 2 is 1.75 bits per heavy atom. The average molecular weight is 447 g/mol. The van der Waals surface area contributed by atoms with Crippen LogP contribution in [0.1, 0.15) is 22.4 Å². The molecule has 6 nitrogen and oxygen atoms in total. The summed E-state index contributed by atoms with van der Waals surface area (Å²) in [6.07, 6.45) is 2.64. The number of fused-ring (bicyclic) bond motifs is 1. The van der Waals surface area contributed by atoms with Crippen molar-refractivity contribution in [1.82, 2.24) is 15.3 Å². The Kier molecular flexibility index (Phi) is 6.66. The number of nitrogens with one attached hydrogen (secondary N) is 2. The number of phenolic OH excluding ortho intramolecular Hbond substituents is 1. The van der Waals surface area contributed by atoms with E-state index in [2.05, 4.69) is 58.7 Å². The first kappa shape index (κ1) is 21.8. The topological polar surface area (TPSA) is 87.1 Å². The first-order valence-corrected chi connectivity index (χ1v) is 11.4. The summed E-state index contributed by atoms with van der Waals surface area (Å²) in [7, 11) is 0. The second-order valence-corrected chi connectivity index (χ2v) is 8.95. The van der Waals surface area contributed by atoms with Crippen molar-refractivity contribution in [3.05, 3.63) is 70.9 Å². The Balaban J connectivity index is 1.38. The molecule has 2 aromatic heterocycles. The van der Waals surface area contributed by atoms with E-state index in [0.717, 1.165) is 39.1 Å². The van der Waals surface area contributed by atoms with Crippen LogP contribution in [-0.2, 0) is 11.2 Å². The zero-order chi connectivity index (χ0) is 22.5. The highest BCUT2D eigenvalue weighted by molar-refractivity contribution is 7.19. The molecule has 0 fully saturated rings. The van der Waals surface area contributed by atoms with Crippen LogP contribution in [0.4, 0.5) is 5.82 Å². The second kappa shape index (κ2) is 9.78. The zero-order valence-electron chi connectivity index (χ0n) is 18.2. The minimum Gasteiger partial charge on any atom is -0.508 e. The van der Waals surface area contributed by atoms with Gasteiger partial charge in [0.25, 0.3) is 0 Å². The predicted molar refractivity (Wildman–Crippen MR) is 130 cm³/mol. The van der Waals surface area contributed by atoms with Crippen molar-refractivity contribution in [2.45, 2.75) is 26.7 Å². The summed E-state index contributed by atoms with van der Waals surface area (Å²) >= 11 is 1.66. The van der Waals surface area contributed by atoms with Crippen LogP contribution in [0.5, 0.6) is 5.75 Å². The van der Waals surface area contributed by atoms with Crippen LogP contribution in [0.15, 0.2) is 54.9 Å². The Hall–Kier alpha value is -3.45. The lowest BCUT2D eigenvalue weighted by atomic mass is 10.0. The third-order valence-electron chi connectivity index (χ3n) is 5.32. The molecule has 2 heterocycles. The SMILES string of the molecule is Cc1ccc(-c2c(C)sc3ncnc(NCCC(=O)NCCc4ccc(O)cc4)c23)cc1. The molecule has 0 spiro atoms. The summed E-state index contributed by atoms with van der Waals surface area (Å²) in [5.74, 6) is 0.989. The minimum atomic E-state index is -0.0122. The molecular formula is C25H26N4O2S. The monoisotopic (exact) mass is 446 g/mol. The van der Waals surface area contributed by atoms with Crippen molar-refractivity contribution in [1.29, 1.82) is 0 Å². The first-order valence-electron chi connectivity index (χ1n) is 10.6. The zero-order valence-corrected chi connectivity index (χ0v) is 19.0. The van der Waals surface area contributed by atoms with E-state index >= 15 is 0 Å². The standard InChI is InChI=1S/C25H26N4O2S/c1-16-3-7-19(8-4-16)22-17(2)32-25-23(22)24(28-15-29-25)27-14-12-21(31)26-13-11-18-5-9-20(30)10-6-18/h3-10,15,30H,11-14H2,1-2H3,(H,26,31)(H,27,28,29). The van der Waals surface area contributed by atoms with E-state index < -0.39 is 0 Å². The summed E-state index contributed by atoms with van der Waals surface area (Å²) < 4.78 is 0. The van der Waals surface area contributed by atoms with Gasteiger partial charge in [0.1, 0.15) is 22.7 Å². The minimum absolute atomic E-state index is 0.0122. The van der Waals surface area contributed by atoms with E-state index in [4.69, 9.17) is 0 Å². The van der Waals surface area contributed by atoms with Gasteiger partial charge in [0, 0.05) is 30.0 Å². The lowest BCUT2D eigenvalue weighted by Crippen LogP contribution is -2.27. The summed E-state index contributed by atoms with van der Waals surface area (Å²) in [5, 5.41) is 16.6. The number of aryl methyl sites for hydroxylation is 2. The molecule has 0 bridgehead atoms. The number of aromatic nitrogens is 2. The number of hydrogen-bond acceptors (Lipinski definition) is 6. The molecule has 0 saturated heterocycles. The van der Waals surface area contributed by atoms with Crippen LogP contribution >= 0.6 is 11.3 Å². The van der Waals surface area contributed by atoms with E-state index in [1.165, 1.54) is 10.4 Å². The van der Waals surface area contributed by atoms with Gasteiger partial charge in [0.05, 0.1) is 5.39 Å². The Morgan fingerprint density at radius 1 is 1.00 bits per heavy atom. The number of aromatic hydroxyl groups is 1. The summed E-state index contributed by atoms with van der Waals surface area (Å²) in [6.45, 7) is 5.23. The van der Waals surface area contributed by atoms with Crippen LogP contribution in [0.3, 0.4) is 0 Å². The van der Waals surface area contributed by atoms with Gasteiger partial charge in [-0.25, -0.2) is 9.97 Å². The molecule has 0 aliphatic heterocycles. The summed E-state index contributed by atoms with van der Waals surface area (Å²) in [6, 6.07) is 15.5. The predicted octanol–water partition coefficient (Wildman–Crippen LogP) is 4.84. The molecule has 7 heteroatoms. The number of hydrogen-bond donors (Lipinski definition) is 3. The third kappa shape index (κ3) is 5.06. The van der Waals surface area contributed by atoms with Gasteiger partial charge in [-0.05, 0) is 43.5 Å². The Labute approximate surface area is 191 Å². The number of nitrogens with zero attached hydrogens (tertiary/aromatic N) is 2. The lowest BCUT2D eigenvalue weighted by Gasteiger charge is -2.10. The van der Waals surface area contributed by atoms with Gasteiger partial charge in [-0.1, -0.05) is 42.0 Å². The number of carbonyl (C=O) groups is 1. The van der Waals surface area contributed by atoms with Crippen LogP contribution < -0.4 is 10.6 Å². The quantitative estimate of drug-likeness (QED) is 0.360. The Morgan fingerprint density at radius 3 is 2.50 bits per heavy atom. The summed E-state index contributed by atoms with van der Waals surface area (Å²) in [4.78, 5) is 23.3. The van der Waals surface area contributed by atoms with Crippen molar-refractivity contribution in [2.75, 3.05) is 18.4 Å². The van der Waals surface area contributed by atoms with Crippen molar-refractivity contribution in [3.8, 4) is 16.9 Å². The van der Waals surface area contributed by atoms with Crippen molar-refractivity contribution in [3.63, 3.8) is 0 Å². The van der Waals surface area contributed by atoms with Gasteiger partial charge < -0.3 is 15.7 Å². The van der Waals surface area contributed by atoms with Crippen molar-refractivity contribution >= 4 is 33.3 Å². The van der Waals surface area contributed by atoms with Crippen LogP contribution in [-0.4, -0.2) is 34.1 Å². The molecule has 1 amide bonds. The van der Waals surface area contributed by atoms with Gasteiger partial charge >= 0.3 is 0 Å². The lowest BCUT2D eigenvalue weighted by molar-refractivity contribution is -0.120. The number of anilines is 1. The van der Waals surface area contributed by atoms with Crippen LogP contribution in [0.25, 0.3) is 21.3 Å². The fraction of sp³-hybridized carbons (Fsp3) is 0.240. The average Bonchev–Trinajstić information content (AvgIpc) is 3.12. The molecule has 4 rings (SSSR count). The maximum absolute atomic E-state index is 12.2. The number of phenols is 1. The van der Waals surface area contributed by atoms with Crippen LogP contribution in [0, 0.1) is 13.8 Å². The molecule has 0 aliphatic carbocycles. The van der Waals surface area contributed by atoms with E-state index in [-0.39, 0.29) is 11.7 Å². The van der Waals surface area contributed by atoms with Crippen molar-refractivity contribution in [2.24, 2.45) is 0 Å². The molecule has 32 heavy (non-hydrogen) atoms. The van der Waals surface area contributed by atoms with E-state index in [1.807, 2.05) is 12.1 Å². The number of carbonyl (C=O) groups excluding carboxylic acids is 1. The molecule has 0 atom stereocenters. The number of amides is 1. The van der Waals surface area contributed by atoms with E-state index in [9.17, 15) is 9.90 Å². The maximum atomic E-state index is 12.2. The van der Waals surface area contributed by atoms with Gasteiger partial charge in [-0.3, -0.25) is 4.79 Å². The molecular weight excluding hydrogens is 420 g/mol. The highest BCUT2D eigenvalue weighted by atomic mass is 32.1. The third-order valence-corrected chi connectivity index (χ3v) is 6.33. The maximum Gasteiger partial charge on any atom is 0.221 e. The second-order valence-electron chi connectivity index (χ2n) is 7.74. The van der Waals surface area contributed by atoms with Gasteiger partial charge in [-0.15, -0.1) is 11.3 Å². The van der Waals surface area contributed by atoms with Gasteiger partial charge in [-0.2, -0.15) is 0 Å². The largest absolute Gasteiger partial charge is 0.508 e.